The fourth-order valence-electron chi connectivity index (χ4n) is 4.24. The maximum Gasteiger partial charge on any atom is 0.165 e. The van der Waals surface area contributed by atoms with Crippen molar-refractivity contribution in [1.29, 1.82) is 0 Å². The Morgan fingerprint density at radius 2 is 2.03 bits per heavy atom. The Hall–Kier alpha value is -3.73. The van der Waals surface area contributed by atoms with Crippen LogP contribution in [-0.4, -0.2) is 54.1 Å². The van der Waals surface area contributed by atoms with E-state index in [1.807, 2.05) is 12.1 Å². The lowest BCUT2D eigenvalue weighted by molar-refractivity contribution is -0.0649. The Kier molecular flexibility index (Phi) is 4.93. The van der Waals surface area contributed by atoms with Crippen LogP contribution in [0.5, 0.6) is 5.75 Å². The van der Waals surface area contributed by atoms with Crippen LogP contribution in [0.1, 0.15) is 13.2 Å². The number of aromatic nitrogens is 4. The van der Waals surface area contributed by atoms with Crippen LogP contribution in [0, 0.1) is 0 Å². The largest absolute Gasteiger partial charge is 0.491 e. The van der Waals surface area contributed by atoms with Crippen molar-refractivity contribution >= 4 is 33.6 Å². The first kappa shape index (κ1) is 21.1. The zero-order valence-corrected chi connectivity index (χ0v) is 17.9. The van der Waals surface area contributed by atoms with Gasteiger partial charge in [-0.25, -0.2) is 15.0 Å². The van der Waals surface area contributed by atoms with Crippen molar-refractivity contribution in [2.24, 2.45) is 0 Å². The maximum absolute atomic E-state index is 11.4. The molecule has 1 aliphatic rings. The quantitative estimate of drug-likeness (QED) is 0.334. The molecule has 1 aliphatic heterocycles. The standard InChI is InChI=1S/C23H24N6O4/c1-12(2)23(31)17(10-32-14-5-3-13-4-6-18(24)28-16(13)9-14)33-22(19(23)30)29-8-7-15-20(25)26-11-27-21(15)29/h3-9,11,17,19,22,30-31H,1,10H2,2H3,(H2,24,28)(H2,25,26,27)/t17-,19+,22-,23-/m1/s1. The minimum absolute atomic E-state index is 0.0406. The van der Waals surface area contributed by atoms with Crippen molar-refractivity contribution in [3.63, 3.8) is 0 Å². The molecular formula is C23H24N6O4. The number of aliphatic hydroxyl groups is 2. The van der Waals surface area contributed by atoms with Gasteiger partial charge in [-0.15, -0.1) is 0 Å². The summed E-state index contributed by atoms with van der Waals surface area (Å²) in [6.45, 7) is 5.48. The van der Waals surface area contributed by atoms with Crippen LogP contribution in [-0.2, 0) is 4.74 Å². The smallest absolute Gasteiger partial charge is 0.165 e. The van der Waals surface area contributed by atoms with E-state index >= 15 is 0 Å². The number of nitrogens with two attached hydrogens (primary N) is 2. The van der Waals surface area contributed by atoms with E-state index in [1.54, 1.807) is 42.0 Å². The molecule has 10 heteroatoms. The Morgan fingerprint density at radius 1 is 1.24 bits per heavy atom. The van der Waals surface area contributed by atoms with Gasteiger partial charge in [0.05, 0.1) is 10.9 Å². The van der Waals surface area contributed by atoms with E-state index in [-0.39, 0.29) is 6.61 Å². The number of benzene rings is 1. The van der Waals surface area contributed by atoms with Gasteiger partial charge in [-0.2, -0.15) is 0 Å². The summed E-state index contributed by atoms with van der Waals surface area (Å²) >= 11 is 0. The molecule has 4 heterocycles. The van der Waals surface area contributed by atoms with E-state index in [9.17, 15) is 10.2 Å². The van der Waals surface area contributed by atoms with Gasteiger partial charge in [0.1, 0.15) is 53.8 Å². The highest BCUT2D eigenvalue weighted by Gasteiger charge is 2.57. The predicted molar refractivity (Wildman–Crippen MR) is 123 cm³/mol. The summed E-state index contributed by atoms with van der Waals surface area (Å²) in [7, 11) is 0. The number of rotatable bonds is 5. The number of aliphatic hydroxyl groups excluding tert-OH is 1. The lowest BCUT2D eigenvalue weighted by Crippen LogP contribution is -2.50. The molecule has 1 aromatic carbocycles. The molecule has 10 nitrogen and oxygen atoms in total. The third kappa shape index (κ3) is 3.35. The molecule has 0 radical (unpaired) electrons. The molecule has 0 aliphatic carbocycles. The molecule has 1 saturated heterocycles. The van der Waals surface area contributed by atoms with Crippen LogP contribution in [0.4, 0.5) is 11.6 Å². The molecule has 1 fully saturated rings. The Bertz CT molecular complexity index is 1370. The van der Waals surface area contributed by atoms with Gasteiger partial charge in [0, 0.05) is 17.6 Å². The Morgan fingerprint density at radius 3 is 2.82 bits per heavy atom. The molecule has 6 N–H and O–H groups in total. The van der Waals surface area contributed by atoms with Gasteiger partial charge in [0.25, 0.3) is 0 Å². The normalized spacial score (nSPS) is 25.0. The van der Waals surface area contributed by atoms with Crippen molar-refractivity contribution in [3.8, 4) is 5.75 Å². The van der Waals surface area contributed by atoms with E-state index in [1.165, 1.54) is 6.33 Å². The highest BCUT2D eigenvalue weighted by atomic mass is 16.6. The number of hydrogen-bond donors (Lipinski definition) is 4. The van der Waals surface area contributed by atoms with Crippen LogP contribution in [0.25, 0.3) is 21.9 Å². The van der Waals surface area contributed by atoms with E-state index in [4.69, 9.17) is 20.9 Å². The fraction of sp³-hybridized carbons (Fsp3) is 0.261. The topological polar surface area (TPSA) is 155 Å². The highest BCUT2D eigenvalue weighted by molar-refractivity contribution is 5.86. The summed E-state index contributed by atoms with van der Waals surface area (Å²) in [6.07, 6.45) is -0.151. The number of nitrogens with zero attached hydrogens (tertiary/aromatic N) is 4. The molecule has 0 saturated carbocycles. The lowest BCUT2D eigenvalue weighted by atomic mass is 9.86. The van der Waals surface area contributed by atoms with Gasteiger partial charge in [-0.3, -0.25) is 0 Å². The van der Waals surface area contributed by atoms with Gasteiger partial charge < -0.3 is 35.7 Å². The lowest BCUT2D eigenvalue weighted by Gasteiger charge is -2.31. The van der Waals surface area contributed by atoms with Crippen molar-refractivity contribution in [2.45, 2.75) is 31.0 Å². The first-order valence-electron chi connectivity index (χ1n) is 10.4. The maximum atomic E-state index is 11.4. The predicted octanol–water partition coefficient (Wildman–Crippen LogP) is 1.79. The molecule has 4 aromatic rings. The molecule has 0 bridgehead atoms. The van der Waals surface area contributed by atoms with Gasteiger partial charge in [-0.05, 0) is 42.8 Å². The average Bonchev–Trinajstić information content (AvgIpc) is 3.33. The van der Waals surface area contributed by atoms with Crippen LogP contribution < -0.4 is 16.2 Å². The number of pyridine rings is 1. The summed E-state index contributed by atoms with van der Waals surface area (Å²) in [5.74, 6) is 1.25. The zero-order valence-electron chi connectivity index (χ0n) is 17.9. The van der Waals surface area contributed by atoms with Crippen molar-refractivity contribution in [3.05, 3.63) is 61.1 Å². The molecule has 0 spiro atoms. The molecule has 5 rings (SSSR count). The van der Waals surface area contributed by atoms with E-state index in [0.717, 1.165) is 5.39 Å². The first-order valence-corrected chi connectivity index (χ1v) is 10.4. The van der Waals surface area contributed by atoms with Crippen LogP contribution in [0.3, 0.4) is 0 Å². The number of anilines is 2. The van der Waals surface area contributed by atoms with E-state index < -0.39 is 24.0 Å². The van der Waals surface area contributed by atoms with Gasteiger partial charge in [-0.1, -0.05) is 6.58 Å². The van der Waals surface area contributed by atoms with Gasteiger partial charge >= 0.3 is 0 Å². The number of fused-ring (bicyclic) bond motifs is 2. The van der Waals surface area contributed by atoms with Crippen LogP contribution in [0.15, 0.2) is 61.1 Å². The monoisotopic (exact) mass is 448 g/mol. The van der Waals surface area contributed by atoms with Gasteiger partial charge in [0.2, 0.25) is 0 Å². The Balaban J connectivity index is 1.44. The van der Waals surface area contributed by atoms with Crippen molar-refractivity contribution in [1.82, 2.24) is 19.5 Å². The molecule has 33 heavy (non-hydrogen) atoms. The number of ether oxygens (including phenoxy) is 2. The summed E-state index contributed by atoms with van der Waals surface area (Å²) in [4.78, 5) is 12.5. The minimum Gasteiger partial charge on any atom is -0.491 e. The third-order valence-electron chi connectivity index (χ3n) is 6.10. The molecule has 0 amide bonds. The summed E-state index contributed by atoms with van der Waals surface area (Å²) in [5, 5.41) is 24.1. The third-order valence-corrected chi connectivity index (χ3v) is 6.10. The second-order valence-electron chi connectivity index (χ2n) is 8.19. The minimum atomic E-state index is -1.75. The first-order chi connectivity index (χ1) is 15.8. The van der Waals surface area contributed by atoms with Crippen LogP contribution in [0.2, 0.25) is 0 Å². The van der Waals surface area contributed by atoms with Crippen molar-refractivity contribution < 1.29 is 19.7 Å². The van der Waals surface area contributed by atoms with E-state index in [0.29, 0.717) is 39.5 Å². The van der Waals surface area contributed by atoms with E-state index in [2.05, 4.69) is 21.5 Å². The number of nitrogen functional groups attached to an aromatic ring is 2. The average molecular weight is 448 g/mol. The SMILES string of the molecule is C=C(C)[C@@]1(O)[C@@H](COc2ccc3ccc(N)nc3c2)O[C@@H](n2ccc3c(N)ncnc32)[C@@H]1O. The molecular weight excluding hydrogens is 424 g/mol. The zero-order chi connectivity index (χ0) is 23.3. The summed E-state index contributed by atoms with van der Waals surface area (Å²) < 4.78 is 13.7. The number of hydrogen-bond acceptors (Lipinski definition) is 9. The summed E-state index contributed by atoms with van der Waals surface area (Å²) in [5.41, 5.74) is 11.5. The molecule has 170 valence electrons. The van der Waals surface area contributed by atoms with Crippen LogP contribution >= 0.6 is 0 Å². The molecule has 0 unspecified atom stereocenters. The molecule has 3 aromatic heterocycles. The fourth-order valence-corrected chi connectivity index (χ4v) is 4.24. The van der Waals surface area contributed by atoms with Crippen molar-refractivity contribution in [2.75, 3.05) is 18.1 Å². The second kappa shape index (κ2) is 7.69. The Labute approximate surface area is 189 Å². The second-order valence-corrected chi connectivity index (χ2v) is 8.19. The van der Waals surface area contributed by atoms with Gasteiger partial charge in [0.15, 0.2) is 6.23 Å². The highest BCUT2D eigenvalue weighted by Crippen LogP contribution is 2.42. The molecule has 4 atom stereocenters. The summed E-state index contributed by atoms with van der Waals surface area (Å²) in [6, 6.07) is 10.8.